The lowest BCUT2D eigenvalue weighted by atomic mass is 9.92. The van der Waals surface area contributed by atoms with Crippen molar-refractivity contribution in [3.63, 3.8) is 0 Å². The second-order valence-corrected chi connectivity index (χ2v) is 11.0. The number of urea groups is 1. The smallest absolute Gasteiger partial charge is 0.324 e. The third-order valence-corrected chi connectivity index (χ3v) is 6.94. The Bertz CT molecular complexity index is 1450. The largest absolute Gasteiger partial charge is 0.361 e. The molecule has 0 saturated heterocycles. The number of carbonyl (C=O) groups excluding carboxylic acids is 1. The van der Waals surface area contributed by atoms with Crippen molar-refractivity contribution in [2.45, 2.75) is 58.4 Å². The topological polar surface area (TPSA) is 87.6 Å². The highest BCUT2D eigenvalue weighted by Gasteiger charge is 2.22. The van der Waals surface area contributed by atoms with Gasteiger partial charge >= 0.3 is 6.03 Å². The monoisotopic (exact) mass is 508 g/mol. The van der Waals surface area contributed by atoms with Crippen molar-refractivity contribution in [3.05, 3.63) is 96.1 Å². The molecular formula is C31H36N6O. The lowest BCUT2D eigenvalue weighted by Gasteiger charge is -2.15. The van der Waals surface area contributed by atoms with Gasteiger partial charge in [-0.15, -0.1) is 0 Å². The van der Waals surface area contributed by atoms with Gasteiger partial charge < -0.3 is 10.3 Å². The number of hydrogen-bond acceptors (Lipinski definition) is 3. The zero-order valence-corrected chi connectivity index (χ0v) is 22.4. The summed E-state index contributed by atoms with van der Waals surface area (Å²) < 4.78 is 1.93. The summed E-state index contributed by atoms with van der Waals surface area (Å²) in [4.78, 5) is 20.6. The Labute approximate surface area is 224 Å². The van der Waals surface area contributed by atoms with Crippen LogP contribution < -0.4 is 10.6 Å². The fourth-order valence-corrected chi connectivity index (χ4v) is 4.75. The maximum Gasteiger partial charge on any atom is 0.324 e. The van der Waals surface area contributed by atoms with Gasteiger partial charge in [-0.05, 0) is 73.1 Å². The molecule has 5 rings (SSSR count). The SMILES string of the molecule is CC(C)(C)c1cc(NC(=O)Nc2ccc3[nH]cc(CCc4ccncc4)c3c2)n(CC2C=CCC=CC2)n1. The highest BCUT2D eigenvalue weighted by atomic mass is 16.2. The summed E-state index contributed by atoms with van der Waals surface area (Å²) in [6.07, 6.45) is 18.3. The minimum absolute atomic E-state index is 0.122. The molecule has 1 unspecified atom stereocenters. The summed E-state index contributed by atoms with van der Waals surface area (Å²) in [5, 5.41) is 12.1. The first kappa shape index (κ1) is 25.5. The minimum Gasteiger partial charge on any atom is -0.361 e. The van der Waals surface area contributed by atoms with Gasteiger partial charge in [-0.2, -0.15) is 5.10 Å². The molecule has 0 saturated carbocycles. The number of aromatic nitrogens is 4. The summed E-state index contributed by atoms with van der Waals surface area (Å²) in [5.74, 6) is 1.04. The zero-order valence-electron chi connectivity index (χ0n) is 22.4. The highest BCUT2D eigenvalue weighted by Crippen LogP contribution is 2.27. The Morgan fingerprint density at radius 1 is 1.05 bits per heavy atom. The van der Waals surface area contributed by atoms with Crippen LogP contribution in [-0.2, 0) is 24.8 Å². The number of nitrogens with one attached hydrogen (secondary N) is 3. The average Bonchev–Trinajstić information content (AvgIpc) is 3.38. The van der Waals surface area contributed by atoms with Crippen molar-refractivity contribution in [2.24, 2.45) is 5.92 Å². The third-order valence-electron chi connectivity index (χ3n) is 6.94. The third kappa shape index (κ3) is 6.22. The van der Waals surface area contributed by atoms with Gasteiger partial charge in [0.25, 0.3) is 0 Å². The molecule has 2 amide bonds. The fraction of sp³-hybridized carbons (Fsp3) is 0.323. The van der Waals surface area contributed by atoms with Crippen LogP contribution in [0, 0.1) is 5.92 Å². The van der Waals surface area contributed by atoms with Gasteiger partial charge in [-0.25, -0.2) is 9.48 Å². The Morgan fingerprint density at radius 3 is 2.71 bits per heavy atom. The lowest BCUT2D eigenvalue weighted by Crippen LogP contribution is -2.22. The maximum atomic E-state index is 13.1. The first-order chi connectivity index (χ1) is 18.3. The van der Waals surface area contributed by atoms with Gasteiger partial charge in [-0.1, -0.05) is 45.1 Å². The summed E-state index contributed by atoms with van der Waals surface area (Å²) in [6.45, 7) is 7.12. The molecule has 196 valence electrons. The predicted octanol–water partition coefficient (Wildman–Crippen LogP) is 7.01. The Hall–Kier alpha value is -4.13. The Kier molecular flexibility index (Phi) is 7.45. The zero-order chi connectivity index (χ0) is 26.5. The molecular weight excluding hydrogens is 472 g/mol. The van der Waals surface area contributed by atoms with E-state index in [1.807, 2.05) is 53.5 Å². The summed E-state index contributed by atoms with van der Waals surface area (Å²) in [7, 11) is 0. The molecule has 1 aliphatic carbocycles. The minimum atomic E-state index is -0.281. The van der Waals surface area contributed by atoms with E-state index in [1.165, 1.54) is 11.1 Å². The van der Waals surface area contributed by atoms with Gasteiger partial charge in [0.2, 0.25) is 0 Å². The van der Waals surface area contributed by atoms with E-state index < -0.39 is 0 Å². The Balaban J connectivity index is 1.30. The molecule has 1 aliphatic rings. The number of benzene rings is 1. The van der Waals surface area contributed by atoms with Crippen molar-refractivity contribution in [1.29, 1.82) is 0 Å². The van der Waals surface area contributed by atoms with Crippen LogP contribution in [0.1, 0.15) is 50.4 Å². The first-order valence-corrected chi connectivity index (χ1v) is 13.3. The molecule has 0 radical (unpaired) electrons. The van der Waals surface area contributed by atoms with Crippen LogP contribution in [0.4, 0.5) is 16.3 Å². The van der Waals surface area contributed by atoms with Crippen LogP contribution in [0.15, 0.2) is 79.3 Å². The van der Waals surface area contributed by atoms with Gasteiger partial charge in [0.1, 0.15) is 5.82 Å². The van der Waals surface area contributed by atoms with Gasteiger partial charge in [0, 0.05) is 53.2 Å². The normalized spacial score (nSPS) is 15.5. The predicted molar refractivity (Wildman–Crippen MR) is 155 cm³/mol. The van der Waals surface area contributed by atoms with E-state index in [-0.39, 0.29) is 11.4 Å². The van der Waals surface area contributed by atoms with Crippen LogP contribution in [-0.4, -0.2) is 25.8 Å². The van der Waals surface area contributed by atoms with Gasteiger partial charge in [-0.3, -0.25) is 10.3 Å². The van der Waals surface area contributed by atoms with E-state index in [1.54, 1.807) is 0 Å². The van der Waals surface area contributed by atoms with E-state index >= 15 is 0 Å². The number of anilines is 2. The maximum absolute atomic E-state index is 13.1. The molecule has 3 heterocycles. The summed E-state index contributed by atoms with van der Waals surface area (Å²) >= 11 is 0. The van der Waals surface area contributed by atoms with Crippen molar-refractivity contribution < 1.29 is 4.79 Å². The second kappa shape index (κ2) is 11.1. The van der Waals surface area contributed by atoms with E-state index in [9.17, 15) is 4.79 Å². The van der Waals surface area contributed by atoms with Crippen LogP contribution in [0.3, 0.4) is 0 Å². The molecule has 0 spiro atoms. The molecule has 38 heavy (non-hydrogen) atoms. The number of allylic oxidation sites excluding steroid dienone is 4. The summed E-state index contributed by atoms with van der Waals surface area (Å²) in [5.41, 5.74) is 5.11. The quantitative estimate of drug-likeness (QED) is 0.235. The van der Waals surface area contributed by atoms with Gasteiger partial charge in [0.05, 0.1) is 5.69 Å². The molecule has 4 aromatic rings. The van der Waals surface area contributed by atoms with Crippen molar-refractivity contribution in [3.8, 4) is 0 Å². The summed E-state index contributed by atoms with van der Waals surface area (Å²) in [6, 6.07) is 11.8. The number of nitrogens with zero attached hydrogens (tertiary/aromatic N) is 3. The number of aromatic amines is 1. The number of pyridine rings is 1. The molecule has 7 nitrogen and oxygen atoms in total. The lowest BCUT2D eigenvalue weighted by molar-refractivity contribution is 0.262. The standard InChI is InChI=1S/C31H36N6O/c1-31(2,3)28-19-29(37(36-28)21-23-8-6-4-5-7-9-23)35-30(38)34-25-12-13-27-26(18-25)24(20-33-27)11-10-22-14-16-32-17-15-22/h4,6-7,9,12-20,23,33H,5,8,10-11,21H2,1-3H3,(H2,34,35,38). The molecule has 3 N–H and O–H groups in total. The number of fused-ring (bicyclic) bond motifs is 1. The van der Waals surface area contributed by atoms with Crippen molar-refractivity contribution in [2.75, 3.05) is 10.6 Å². The van der Waals surface area contributed by atoms with E-state index in [4.69, 9.17) is 5.10 Å². The van der Waals surface area contributed by atoms with E-state index in [2.05, 4.69) is 71.9 Å². The van der Waals surface area contributed by atoms with E-state index in [0.717, 1.165) is 48.0 Å². The fourth-order valence-electron chi connectivity index (χ4n) is 4.75. The van der Waals surface area contributed by atoms with Gasteiger partial charge in [0.15, 0.2) is 0 Å². The molecule has 1 aromatic carbocycles. The molecule has 0 bridgehead atoms. The van der Waals surface area contributed by atoms with Crippen LogP contribution in [0.5, 0.6) is 0 Å². The average molecular weight is 509 g/mol. The van der Waals surface area contributed by atoms with Crippen molar-refractivity contribution in [1.82, 2.24) is 19.7 Å². The number of aryl methyl sites for hydroxylation is 2. The number of amides is 2. The number of rotatable bonds is 7. The number of H-pyrrole nitrogens is 1. The van der Waals surface area contributed by atoms with Crippen molar-refractivity contribution >= 4 is 28.4 Å². The van der Waals surface area contributed by atoms with Crippen LogP contribution in [0.25, 0.3) is 10.9 Å². The number of hydrogen-bond donors (Lipinski definition) is 3. The highest BCUT2D eigenvalue weighted by molar-refractivity contribution is 6.00. The second-order valence-electron chi connectivity index (χ2n) is 11.0. The molecule has 1 atom stereocenters. The molecule has 3 aromatic heterocycles. The molecule has 7 heteroatoms. The van der Waals surface area contributed by atoms with Crippen LogP contribution >= 0.6 is 0 Å². The molecule has 0 fully saturated rings. The van der Waals surface area contributed by atoms with Crippen LogP contribution in [0.2, 0.25) is 0 Å². The Morgan fingerprint density at radius 2 is 1.89 bits per heavy atom. The van der Waals surface area contributed by atoms with E-state index in [0.29, 0.717) is 18.3 Å². The first-order valence-electron chi connectivity index (χ1n) is 13.3. The number of carbonyl (C=O) groups is 1. The molecule has 0 aliphatic heterocycles.